The molecule has 0 saturated heterocycles. The molecule has 0 fully saturated rings. The molecule has 0 saturated carbocycles. The molecule has 0 spiro atoms. The van der Waals surface area contributed by atoms with Gasteiger partial charge in [0.25, 0.3) is 0 Å². The van der Waals surface area contributed by atoms with Gasteiger partial charge in [0, 0.05) is 18.7 Å². The van der Waals surface area contributed by atoms with Crippen molar-refractivity contribution in [2.45, 2.75) is 19.9 Å². The van der Waals surface area contributed by atoms with E-state index in [1.165, 1.54) is 6.92 Å². The summed E-state index contributed by atoms with van der Waals surface area (Å²) in [4.78, 5) is 18.6. The van der Waals surface area contributed by atoms with Crippen LogP contribution in [0.4, 0.5) is 5.69 Å². The van der Waals surface area contributed by atoms with Gasteiger partial charge in [-0.1, -0.05) is 0 Å². The molecule has 3 rings (SSSR count). The Morgan fingerprint density at radius 1 is 1.00 bits per heavy atom. The third kappa shape index (κ3) is 5.69. The summed E-state index contributed by atoms with van der Waals surface area (Å²) in [6.45, 7) is 6.04. The lowest BCUT2D eigenvalue weighted by Crippen LogP contribution is -2.28. The van der Waals surface area contributed by atoms with Gasteiger partial charge in [-0.25, -0.2) is 4.98 Å². The highest BCUT2D eigenvalue weighted by Crippen LogP contribution is 2.34. The van der Waals surface area contributed by atoms with E-state index in [-0.39, 0.29) is 12.5 Å². The number of hydrogen-bond donors (Lipinski definition) is 0. The SMILES string of the molecule is [CH2]CCOc1ccc(OC)cc1CN(C(C)=O)c1cccnc1Oc1ccc(OC)cc1. The lowest BCUT2D eigenvalue weighted by atomic mass is 10.1. The molecule has 3 aromatic rings. The molecule has 7 heteroatoms. The molecule has 0 unspecified atom stereocenters. The number of hydrogen-bond acceptors (Lipinski definition) is 6. The zero-order valence-electron chi connectivity index (χ0n) is 18.5. The van der Waals surface area contributed by atoms with Gasteiger partial charge >= 0.3 is 0 Å². The number of benzene rings is 2. The Kier molecular flexibility index (Phi) is 7.91. The quantitative estimate of drug-likeness (QED) is 0.444. The second kappa shape index (κ2) is 11.0. The summed E-state index contributed by atoms with van der Waals surface area (Å²) in [6.07, 6.45) is 2.25. The Hall–Kier alpha value is -3.74. The largest absolute Gasteiger partial charge is 0.497 e. The molecule has 2 aromatic carbocycles. The van der Waals surface area contributed by atoms with Crippen molar-refractivity contribution in [2.75, 3.05) is 25.7 Å². The van der Waals surface area contributed by atoms with Crippen molar-refractivity contribution >= 4 is 11.6 Å². The Morgan fingerprint density at radius 2 is 1.69 bits per heavy atom. The Balaban J connectivity index is 1.93. The molecule has 0 N–H and O–H groups in total. The highest BCUT2D eigenvalue weighted by Gasteiger charge is 2.20. The second-order valence-corrected chi connectivity index (χ2v) is 6.89. The molecule has 0 atom stereocenters. The van der Waals surface area contributed by atoms with Gasteiger partial charge in [-0.3, -0.25) is 4.79 Å². The van der Waals surface area contributed by atoms with Crippen LogP contribution in [0.25, 0.3) is 0 Å². The number of carbonyl (C=O) groups is 1. The zero-order valence-corrected chi connectivity index (χ0v) is 18.5. The van der Waals surface area contributed by atoms with Crippen LogP contribution in [-0.2, 0) is 11.3 Å². The molecule has 1 heterocycles. The van der Waals surface area contributed by atoms with Crippen LogP contribution in [0, 0.1) is 6.92 Å². The monoisotopic (exact) mass is 435 g/mol. The van der Waals surface area contributed by atoms with E-state index in [1.807, 2.05) is 18.2 Å². The van der Waals surface area contributed by atoms with Crippen LogP contribution in [0.5, 0.6) is 28.9 Å². The van der Waals surface area contributed by atoms with E-state index in [1.54, 1.807) is 61.7 Å². The van der Waals surface area contributed by atoms with Crippen LogP contribution in [0.1, 0.15) is 18.9 Å². The van der Waals surface area contributed by atoms with Gasteiger partial charge in [-0.05, 0) is 67.9 Å². The maximum Gasteiger partial charge on any atom is 0.243 e. The van der Waals surface area contributed by atoms with Crippen LogP contribution < -0.4 is 23.8 Å². The minimum atomic E-state index is -0.163. The normalized spacial score (nSPS) is 10.4. The van der Waals surface area contributed by atoms with Gasteiger partial charge in [0.15, 0.2) is 0 Å². The first kappa shape index (κ1) is 22.9. The minimum Gasteiger partial charge on any atom is -0.497 e. The molecule has 1 radical (unpaired) electrons. The van der Waals surface area contributed by atoms with Crippen molar-refractivity contribution in [3.8, 4) is 28.9 Å². The minimum absolute atomic E-state index is 0.163. The van der Waals surface area contributed by atoms with Gasteiger partial charge in [0.2, 0.25) is 11.8 Å². The summed E-state index contributed by atoms with van der Waals surface area (Å²) in [5.41, 5.74) is 1.34. The first-order valence-electron chi connectivity index (χ1n) is 10.2. The average Bonchev–Trinajstić information content (AvgIpc) is 2.82. The molecule has 167 valence electrons. The van der Waals surface area contributed by atoms with Crippen molar-refractivity contribution < 1.29 is 23.7 Å². The summed E-state index contributed by atoms with van der Waals surface area (Å²) in [5.74, 6) is 2.79. The molecule has 1 amide bonds. The maximum absolute atomic E-state index is 12.7. The van der Waals surface area contributed by atoms with E-state index in [4.69, 9.17) is 18.9 Å². The lowest BCUT2D eigenvalue weighted by molar-refractivity contribution is -0.116. The predicted molar refractivity (Wildman–Crippen MR) is 123 cm³/mol. The van der Waals surface area contributed by atoms with Gasteiger partial charge in [0.05, 0.1) is 27.4 Å². The standard InChI is InChI=1S/C25H27N2O5/c1-5-15-31-24-13-12-22(30-4)16-19(24)17-27(18(2)28)23-7-6-14-26-25(23)32-21-10-8-20(29-3)9-11-21/h6-14,16H,1,5,15,17H2,2-4H3. The van der Waals surface area contributed by atoms with E-state index in [9.17, 15) is 4.79 Å². The Morgan fingerprint density at radius 3 is 2.34 bits per heavy atom. The van der Waals surface area contributed by atoms with Crippen LogP contribution in [0.2, 0.25) is 0 Å². The number of aromatic nitrogens is 1. The van der Waals surface area contributed by atoms with Crippen molar-refractivity contribution in [1.29, 1.82) is 0 Å². The van der Waals surface area contributed by atoms with Crippen LogP contribution in [0.15, 0.2) is 60.8 Å². The number of amides is 1. The third-order valence-electron chi connectivity index (χ3n) is 4.69. The Labute approximate surface area is 188 Å². The molecular weight excluding hydrogens is 408 g/mol. The number of anilines is 1. The van der Waals surface area contributed by atoms with Crippen molar-refractivity contribution in [3.05, 3.63) is 73.3 Å². The summed E-state index contributed by atoms with van der Waals surface area (Å²) in [6, 6.07) is 16.2. The van der Waals surface area contributed by atoms with E-state index in [0.29, 0.717) is 41.8 Å². The average molecular weight is 436 g/mol. The third-order valence-corrected chi connectivity index (χ3v) is 4.69. The van der Waals surface area contributed by atoms with Crippen LogP contribution >= 0.6 is 0 Å². The number of rotatable bonds is 10. The first-order valence-corrected chi connectivity index (χ1v) is 10.2. The fourth-order valence-electron chi connectivity index (χ4n) is 3.09. The first-order chi connectivity index (χ1) is 15.5. The van der Waals surface area contributed by atoms with Gasteiger partial charge in [-0.2, -0.15) is 0 Å². The van der Waals surface area contributed by atoms with Crippen molar-refractivity contribution in [2.24, 2.45) is 0 Å². The Bertz CT molecular complexity index is 1040. The molecule has 0 aliphatic carbocycles. The summed E-state index contributed by atoms with van der Waals surface area (Å²) in [5, 5.41) is 0. The highest BCUT2D eigenvalue weighted by atomic mass is 16.5. The summed E-state index contributed by atoms with van der Waals surface area (Å²) < 4.78 is 22.4. The molecule has 0 aliphatic heterocycles. The summed E-state index contributed by atoms with van der Waals surface area (Å²) in [7, 11) is 3.20. The number of pyridine rings is 1. The molecule has 32 heavy (non-hydrogen) atoms. The summed E-state index contributed by atoms with van der Waals surface area (Å²) >= 11 is 0. The molecular formula is C25H27N2O5. The van der Waals surface area contributed by atoms with Gasteiger partial charge in [-0.15, -0.1) is 0 Å². The van der Waals surface area contributed by atoms with E-state index in [0.717, 1.165) is 11.3 Å². The van der Waals surface area contributed by atoms with E-state index < -0.39 is 0 Å². The van der Waals surface area contributed by atoms with Crippen LogP contribution in [0.3, 0.4) is 0 Å². The predicted octanol–water partition coefficient (Wildman–Crippen LogP) is 5.05. The number of carbonyl (C=O) groups excluding carboxylic acids is 1. The van der Waals surface area contributed by atoms with Crippen molar-refractivity contribution in [3.63, 3.8) is 0 Å². The fourth-order valence-corrected chi connectivity index (χ4v) is 3.09. The molecule has 0 aliphatic rings. The number of nitrogens with zero attached hydrogens (tertiary/aromatic N) is 2. The molecule has 0 bridgehead atoms. The highest BCUT2D eigenvalue weighted by molar-refractivity contribution is 5.92. The molecule has 1 aromatic heterocycles. The molecule has 7 nitrogen and oxygen atoms in total. The topological polar surface area (TPSA) is 70.1 Å². The van der Waals surface area contributed by atoms with Crippen LogP contribution in [-0.4, -0.2) is 31.7 Å². The smallest absolute Gasteiger partial charge is 0.243 e. The lowest BCUT2D eigenvalue weighted by Gasteiger charge is -2.24. The van der Waals surface area contributed by atoms with Crippen molar-refractivity contribution in [1.82, 2.24) is 4.98 Å². The number of methoxy groups -OCH3 is 2. The number of ether oxygens (including phenoxy) is 4. The maximum atomic E-state index is 12.7. The fraction of sp³-hybridized carbons (Fsp3) is 0.240. The zero-order chi connectivity index (χ0) is 22.9. The van der Waals surface area contributed by atoms with Gasteiger partial charge < -0.3 is 23.8 Å². The van der Waals surface area contributed by atoms with Gasteiger partial charge in [0.1, 0.15) is 28.7 Å². The second-order valence-electron chi connectivity index (χ2n) is 6.89. The van der Waals surface area contributed by atoms with E-state index in [2.05, 4.69) is 11.9 Å². The van der Waals surface area contributed by atoms with E-state index >= 15 is 0 Å².